The van der Waals surface area contributed by atoms with Gasteiger partial charge in [-0.15, -0.1) is 0 Å². The van der Waals surface area contributed by atoms with E-state index in [1.807, 2.05) is 6.07 Å². The molecule has 168 valence electrons. The maximum Gasteiger partial charge on any atom is 0.309 e. The van der Waals surface area contributed by atoms with Crippen LogP contribution in [0.2, 0.25) is 0 Å². The van der Waals surface area contributed by atoms with Gasteiger partial charge in [0, 0.05) is 29.3 Å². The molecular weight excluding hydrogens is 428 g/mol. The van der Waals surface area contributed by atoms with Crippen molar-refractivity contribution in [2.24, 2.45) is 28.7 Å². The third kappa shape index (κ3) is 3.65. The van der Waals surface area contributed by atoms with Crippen molar-refractivity contribution in [1.29, 1.82) is 5.26 Å². The van der Waals surface area contributed by atoms with Gasteiger partial charge in [0.1, 0.15) is 17.5 Å². The molecule has 7 nitrogen and oxygen atoms in total. The number of aromatic nitrogens is 3. The van der Waals surface area contributed by atoms with Crippen LogP contribution < -0.4 is 0 Å². The number of aliphatic imine (C=N–C) groups is 1. The van der Waals surface area contributed by atoms with Crippen LogP contribution in [0, 0.1) is 46.6 Å². The Labute approximate surface area is 188 Å². The van der Waals surface area contributed by atoms with Gasteiger partial charge in [-0.2, -0.15) is 5.26 Å². The predicted molar refractivity (Wildman–Crippen MR) is 117 cm³/mol. The lowest BCUT2D eigenvalue weighted by Crippen LogP contribution is -2.45. The van der Waals surface area contributed by atoms with Crippen molar-refractivity contribution in [2.45, 2.75) is 25.7 Å². The predicted octanol–water partition coefficient (Wildman–Crippen LogP) is 4.70. The van der Waals surface area contributed by atoms with Gasteiger partial charge >= 0.3 is 5.97 Å². The molecule has 3 saturated carbocycles. The molecule has 0 aliphatic heterocycles. The second-order valence-electron chi connectivity index (χ2n) is 8.63. The Morgan fingerprint density at radius 3 is 2.76 bits per heavy atom. The SMILES string of the molecule is COC(=O)C1C2CCC(CC2)C1C=Nc1nc(-c2c[nH]c3ncc(F)cc23)c(C#N)cc1F. The molecule has 0 aromatic carbocycles. The lowest BCUT2D eigenvalue weighted by molar-refractivity contribution is -0.153. The fourth-order valence-corrected chi connectivity index (χ4v) is 5.39. The second kappa shape index (κ2) is 8.35. The summed E-state index contributed by atoms with van der Waals surface area (Å²) >= 11 is 0. The molecule has 0 amide bonds. The lowest BCUT2D eigenvalue weighted by atomic mass is 9.59. The Morgan fingerprint density at radius 1 is 1.27 bits per heavy atom. The van der Waals surface area contributed by atoms with Crippen LogP contribution in [0.3, 0.4) is 0 Å². The molecule has 2 bridgehead atoms. The highest BCUT2D eigenvalue weighted by molar-refractivity contribution is 5.94. The second-order valence-corrected chi connectivity index (χ2v) is 8.63. The van der Waals surface area contributed by atoms with E-state index in [9.17, 15) is 18.8 Å². The van der Waals surface area contributed by atoms with E-state index >= 15 is 0 Å². The lowest BCUT2D eigenvalue weighted by Gasteiger charge is -2.45. The molecule has 6 rings (SSSR count). The Morgan fingerprint density at radius 2 is 2.03 bits per heavy atom. The van der Waals surface area contributed by atoms with Crippen LogP contribution in [0.4, 0.5) is 14.6 Å². The summed E-state index contributed by atoms with van der Waals surface area (Å²) in [6, 6.07) is 4.30. The summed E-state index contributed by atoms with van der Waals surface area (Å²) in [5, 5.41) is 9.97. The smallest absolute Gasteiger partial charge is 0.309 e. The highest BCUT2D eigenvalue weighted by Gasteiger charge is 2.47. The first kappa shape index (κ1) is 21.2. The van der Waals surface area contributed by atoms with E-state index in [-0.39, 0.29) is 46.7 Å². The minimum Gasteiger partial charge on any atom is -0.469 e. The summed E-state index contributed by atoms with van der Waals surface area (Å²) in [6.45, 7) is 0. The molecule has 33 heavy (non-hydrogen) atoms. The third-order valence-corrected chi connectivity index (χ3v) is 6.96. The standard InChI is InChI=1S/C24H21F2N5O2/c1-33-24(32)20-13-4-2-12(3-5-13)17(20)10-30-23-19(26)6-14(8-27)21(31-23)18-11-29-22-16(18)7-15(25)9-28-22/h6-7,9-13,17,20H,2-5H2,1H3,(H,28,29). The van der Waals surface area contributed by atoms with Crippen molar-refractivity contribution in [3.8, 4) is 17.3 Å². The number of hydrogen-bond donors (Lipinski definition) is 1. The molecule has 1 N–H and O–H groups in total. The Kier molecular flexibility index (Phi) is 5.36. The Hall–Kier alpha value is -3.67. The van der Waals surface area contributed by atoms with Crippen molar-refractivity contribution in [3.63, 3.8) is 0 Å². The van der Waals surface area contributed by atoms with Crippen LogP contribution in [-0.4, -0.2) is 34.2 Å². The van der Waals surface area contributed by atoms with Gasteiger partial charge in [-0.1, -0.05) is 0 Å². The Balaban J connectivity index is 1.55. The molecular formula is C24H21F2N5O2. The van der Waals surface area contributed by atoms with Crippen molar-refractivity contribution in [3.05, 3.63) is 41.7 Å². The van der Waals surface area contributed by atoms with Gasteiger partial charge in [0.05, 0.1) is 30.5 Å². The number of hydrogen-bond acceptors (Lipinski definition) is 6. The van der Waals surface area contributed by atoms with E-state index in [0.29, 0.717) is 16.6 Å². The van der Waals surface area contributed by atoms with Crippen molar-refractivity contribution in [1.82, 2.24) is 15.0 Å². The van der Waals surface area contributed by atoms with Crippen LogP contribution in [0.25, 0.3) is 22.3 Å². The molecule has 3 heterocycles. The molecule has 2 unspecified atom stereocenters. The first-order valence-corrected chi connectivity index (χ1v) is 10.9. The highest BCUT2D eigenvalue weighted by Crippen LogP contribution is 2.48. The number of pyridine rings is 2. The quantitative estimate of drug-likeness (QED) is 0.459. The van der Waals surface area contributed by atoms with Gasteiger partial charge in [-0.25, -0.2) is 23.7 Å². The summed E-state index contributed by atoms with van der Waals surface area (Å²) in [5.74, 6) is -1.66. The molecule has 3 aliphatic rings. The van der Waals surface area contributed by atoms with E-state index in [4.69, 9.17) is 4.74 Å². The summed E-state index contributed by atoms with van der Waals surface area (Å²) in [6.07, 6.45) is 8.21. The monoisotopic (exact) mass is 449 g/mol. The normalized spacial score (nSPS) is 24.3. The van der Waals surface area contributed by atoms with E-state index in [1.54, 1.807) is 12.4 Å². The summed E-state index contributed by atoms with van der Waals surface area (Å²) in [5.41, 5.74) is 1.03. The number of fused-ring (bicyclic) bond motifs is 4. The van der Waals surface area contributed by atoms with Crippen LogP contribution in [0.5, 0.6) is 0 Å². The number of halogens is 2. The largest absolute Gasteiger partial charge is 0.469 e. The van der Waals surface area contributed by atoms with Crippen LogP contribution in [0.1, 0.15) is 31.2 Å². The van der Waals surface area contributed by atoms with E-state index in [1.165, 1.54) is 13.2 Å². The van der Waals surface area contributed by atoms with Crippen molar-refractivity contribution < 1.29 is 18.3 Å². The van der Waals surface area contributed by atoms with Crippen molar-refractivity contribution in [2.75, 3.05) is 7.11 Å². The first-order chi connectivity index (χ1) is 16.0. The molecule has 3 fully saturated rings. The number of nitriles is 1. The number of aromatic amines is 1. The number of H-pyrrole nitrogens is 1. The average molecular weight is 449 g/mol. The van der Waals surface area contributed by atoms with Crippen LogP contribution in [-0.2, 0) is 9.53 Å². The van der Waals surface area contributed by atoms with E-state index < -0.39 is 11.6 Å². The minimum atomic E-state index is -0.744. The summed E-state index contributed by atoms with van der Waals surface area (Å²) < 4.78 is 33.6. The zero-order valence-electron chi connectivity index (χ0n) is 17.9. The number of nitrogens with one attached hydrogen (secondary N) is 1. The van der Waals surface area contributed by atoms with Gasteiger partial charge in [0.15, 0.2) is 11.6 Å². The molecule has 3 aromatic heterocycles. The Bertz CT molecular complexity index is 1300. The summed E-state index contributed by atoms with van der Waals surface area (Å²) in [4.78, 5) is 28.0. The first-order valence-electron chi connectivity index (χ1n) is 10.9. The molecule has 3 aromatic rings. The summed E-state index contributed by atoms with van der Waals surface area (Å²) in [7, 11) is 1.38. The fourth-order valence-electron chi connectivity index (χ4n) is 5.39. The number of methoxy groups -OCH3 is 1. The van der Waals surface area contributed by atoms with Crippen molar-refractivity contribution >= 4 is 29.0 Å². The number of ether oxygens (including phenoxy) is 1. The molecule has 3 aliphatic carbocycles. The number of esters is 1. The number of nitrogens with zero attached hydrogens (tertiary/aromatic N) is 4. The van der Waals surface area contributed by atoms with E-state index in [2.05, 4.69) is 19.9 Å². The highest BCUT2D eigenvalue weighted by atomic mass is 19.1. The zero-order chi connectivity index (χ0) is 23.1. The molecule has 0 spiro atoms. The van der Waals surface area contributed by atoms with Gasteiger partial charge in [-0.05, 0) is 49.7 Å². The third-order valence-electron chi connectivity index (χ3n) is 6.96. The van der Waals surface area contributed by atoms with Gasteiger partial charge in [0.2, 0.25) is 0 Å². The molecule has 0 saturated heterocycles. The molecule has 0 radical (unpaired) electrons. The minimum absolute atomic E-state index is 0.000715. The van der Waals surface area contributed by atoms with Gasteiger partial charge < -0.3 is 9.72 Å². The number of carbonyl (C=O) groups excluding carboxylic acids is 1. The maximum atomic E-state index is 14.8. The topological polar surface area (TPSA) is 104 Å². The van der Waals surface area contributed by atoms with Gasteiger partial charge in [0.25, 0.3) is 0 Å². The van der Waals surface area contributed by atoms with Crippen LogP contribution >= 0.6 is 0 Å². The van der Waals surface area contributed by atoms with E-state index in [0.717, 1.165) is 37.9 Å². The maximum absolute atomic E-state index is 14.8. The fraction of sp³-hybridized carbons (Fsp3) is 0.375. The number of rotatable bonds is 4. The zero-order valence-corrected chi connectivity index (χ0v) is 17.9. The number of carbonyl (C=O) groups is 1. The van der Waals surface area contributed by atoms with Crippen LogP contribution in [0.15, 0.2) is 29.5 Å². The molecule has 2 atom stereocenters. The average Bonchev–Trinajstić information content (AvgIpc) is 3.25. The molecule has 9 heteroatoms. The van der Waals surface area contributed by atoms with Gasteiger partial charge in [-0.3, -0.25) is 4.79 Å².